The van der Waals surface area contributed by atoms with Gasteiger partial charge >= 0.3 is 6.18 Å². The second-order valence-electron chi connectivity index (χ2n) is 6.41. The van der Waals surface area contributed by atoms with Crippen LogP contribution in [0.25, 0.3) is 0 Å². The number of alkyl halides is 3. The SMILES string of the molecule is CSc1nsc(SC)c1C(=O)Nc1c(C)nn(Cc2cccc(C(F)(F)F)c2)c1C. The number of halogens is 3. The highest BCUT2D eigenvalue weighted by Crippen LogP contribution is 2.34. The molecular formula is C19H19F3N4OS3. The zero-order valence-electron chi connectivity index (χ0n) is 16.6. The average Bonchev–Trinajstić information content (AvgIpc) is 3.23. The summed E-state index contributed by atoms with van der Waals surface area (Å²) in [5, 5.41) is 7.98. The van der Waals surface area contributed by atoms with E-state index in [9.17, 15) is 18.0 Å². The highest BCUT2D eigenvalue weighted by Gasteiger charge is 2.30. The standard InChI is InChI=1S/C19H19F3N4OS3/c1-10-15(23-16(27)14-17(28-3)25-30-18(14)29-4)11(2)26(24-10)9-12-6-5-7-13(8-12)19(20,21)22/h5-8H,9H2,1-4H3,(H,23,27). The van der Waals surface area contributed by atoms with E-state index in [1.54, 1.807) is 24.6 Å². The summed E-state index contributed by atoms with van der Waals surface area (Å²) in [6.45, 7) is 3.70. The second kappa shape index (κ2) is 9.03. The second-order valence-corrected chi connectivity index (χ2v) is 9.06. The number of carbonyl (C=O) groups excluding carboxylic acids is 1. The molecule has 0 fully saturated rings. The number of anilines is 1. The minimum Gasteiger partial charge on any atom is -0.319 e. The Morgan fingerprint density at radius 3 is 2.60 bits per heavy atom. The van der Waals surface area contributed by atoms with Crippen LogP contribution in [0.1, 0.15) is 32.9 Å². The van der Waals surface area contributed by atoms with Gasteiger partial charge in [-0.1, -0.05) is 12.1 Å². The fourth-order valence-electron chi connectivity index (χ4n) is 2.96. The first-order valence-corrected chi connectivity index (χ1v) is 12.0. The number of amides is 1. The monoisotopic (exact) mass is 472 g/mol. The van der Waals surface area contributed by atoms with Crippen LogP contribution >= 0.6 is 35.1 Å². The predicted octanol–water partition coefficient (Wildman–Crippen LogP) is 5.72. The molecule has 3 rings (SSSR count). The lowest BCUT2D eigenvalue weighted by Gasteiger charge is -2.10. The fraction of sp³-hybridized carbons (Fsp3) is 0.316. The van der Waals surface area contributed by atoms with Gasteiger partial charge in [0.1, 0.15) is 5.03 Å². The van der Waals surface area contributed by atoms with Gasteiger partial charge in [-0.2, -0.15) is 22.6 Å². The van der Waals surface area contributed by atoms with E-state index in [4.69, 9.17) is 0 Å². The number of aryl methyl sites for hydroxylation is 1. The fourth-order valence-corrected chi connectivity index (χ4v) is 5.24. The number of thioether (sulfide) groups is 2. The van der Waals surface area contributed by atoms with Gasteiger partial charge in [-0.25, -0.2) is 0 Å². The van der Waals surface area contributed by atoms with Gasteiger partial charge in [-0.15, -0.1) is 23.5 Å². The van der Waals surface area contributed by atoms with Crippen molar-refractivity contribution in [3.63, 3.8) is 0 Å². The van der Waals surface area contributed by atoms with Crippen LogP contribution in [-0.2, 0) is 12.7 Å². The predicted molar refractivity (Wildman–Crippen MR) is 116 cm³/mol. The first kappa shape index (κ1) is 22.7. The molecule has 30 heavy (non-hydrogen) atoms. The molecular weight excluding hydrogens is 453 g/mol. The summed E-state index contributed by atoms with van der Waals surface area (Å²) in [5.74, 6) is -0.276. The zero-order chi connectivity index (χ0) is 22.1. The molecule has 0 aliphatic carbocycles. The maximum atomic E-state index is 13.0. The van der Waals surface area contributed by atoms with Crippen LogP contribution in [0.2, 0.25) is 0 Å². The Hall–Kier alpha value is -1.98. The third-order valence-electron chi connectivity index (χ3n) is 4.44. The van der Waals surface area contributed by atoms with Crippen molar-refractivity contribution < 1.29 is 18.0 Å². The molecule has 0 spiro atoms. The Kier molecular flexibility index (Phi) is 6.83. The van der Waals surface area contributed by atoms with E-state index in [0.29, 0.717) is 33.2 Å². The number of nitrogens with zero attached hydrogens (tertiary/aromatic N) is 3. The van der Waals surface area contributed by atoms with Crippen LogP contribution in [-0.4, -0.2) is 32.6 Å². The van der Waals surface area contributed by atoms with Gasteiger partial charge in [-0.05, 0) is 55.6 Å². The van der Waals surface area contributed by atoms with Crippen molar-refractivity contribution in [3.8, 4) is 0 Å². The summed E-state index contributed by atoms with van der Waals surface area (Å²) < 4.78 is 45.7. The topological polar surface area (TPSA) is 59.8 Å². The maximum Gasteiger partial charge on any atom is 0.416 e. The van der Waals surface area contributed by atoms with Crippen LogP contribution < -0.4 is 5.32 Å². The van der Waals surface area contributed by atoms with Gasteiger partial charge in [0.25, 0.3) is 5.91 Å². The minimum absolute atomic E-state index is 0.165. The molecule has 160 valence electrons. The molecule has 1 N–H and O–H groups in total. The molecule has 0 atom stereocenters. The van der Waals surface area contributed by atoms with Crippen molar-refractivity contribution in [3.05, 3.63) is 52.3 Å². The normalized spacial score (nSPS) is 11.7. The van der Waals surface area contributed by atoms with Crippen molar-refractivity contribution in [2.45, 2.75) is 35.8 Å². The molecule has 1 aromatic carbocycles. The Morgan fingerprint density at radius 2 is 1.97 bits per heavy atom. The Morgan fingerprint density at radius 1 is 1.23 bits per heavy atom. The van der Waals surface area contributed by atoms with Crippen molar-refractivity contribution in [1.82, 2.24) is 14.2 Å². The van der Waals surface area contributed by atoms with Crippen molar-refractivity contribution in [2.75, 3.05) is 17.8 Å². The highest BCUT2D eigenvalue weighted by molar-refractivity contribution is 8.01. The highest BCUT2D eigenvalue weighted by atomic mass is 32.2. The van der Waals surface area contributed by atoms with Gasteiger partial charge in [-0.3, -0.25) is 9.48 Å². The smallest absolute Gasteiger partial charge is 0.319 e. The molecule has 0 saturated carbocycles. The summed E-state index contributed by atoms with van der Waals surface area (Å²) in [5.41, 5.74) is 2.12. The summed E-state index contributed by atoms with van der Waals surface area (Å²) in [7, 11) is 0. The lowest BCUT2D eigenvalue weighted by atomic mass is 10.1. The Bertz CT molecular complexity index is 1050. The number of carbonyl (C=O) groups is 1. The third-order valence-corrected chi connectivity index (χ3v) is 7.18. The summed E-state index contributed by atoms with van der Waals surface area (Å²) in [6, 6.07) is 5.15. The lowest BCUT2D eigenvalue weighted by Crippen LogP contribution is -2.14. The molecule has 2 heterocycles. The van der Waals surface area contributed by atoms with Crippen LogP contribution in [0.15, 0.2) is 33.5 Å². The zero-order valence-corrected chi connectivity index (χ0v) is 19.1. The molecule has 11 heteroatoms. The van der Waals surface area contributed by atoms with E-state index >= 15 is 0 Å². The number of hydrogen-bond acceptors (Lipinski definition) is 6. The first-order chi connectivity index (χ1) is 14.2. The molecule has 0 aliphatic heterocycles. The van der Waals surface area contributed by atoms with E-state index in [1.165, 1.54) is 41.1 Å². The molecule has 5 nitrogen and oxygen atoms in total. The third kappa shape index (κ3) is 4.68. The number of nitrogens with one attached hydrogen (secondary N) is 1. The van der Waals surface area contributed by atoms with Crippen molar-refractivity contribution >= 4 is 46.7 Å². The summed E-state index contributed by atoms with van der Waals surface area (Å²) in [6.07, 6.45) is -0.652. The van der Waals surface area contributed by atoms with Crippen molar-refractivity contribution in [2.24, 2.45) is 0 Å². The van der Waals surface area contributed by atoms with Crippen LogP contribution in [0.5, 0.6) is 0 Å². The minimum atomic E-state index is -4.40. The number of rotatable bonds is 6. The lowest BCUT2D eigenvalue weighted by molar-refractivity contribution is -0.137. The van der Waals surface area contributed by atoms with Gasteiger partial charge in [0.2, 0.25) is 0 Å². The van der Waals surface area contributed by atoms with Crippen LogP contribution in [0.4, 0.5) is 18.9 Å². The van der Waals surface area contributed by atoms with Gasteiger partial charge < -0.3 is 5.32 Å². The van der Waals surface area contributed by atoms with Crippen LogP contribution in [0.3, 0.4) is 0 Å². The first-order valence-electron chi connectivity index (χ1n) is 8.74. The van der Waals surface area contributed by atoms with E-state index < -0.39 is 11.7 Å². The molecule has 3 aromatic rings. The average molecular weight is 473 g/mol. The summed E-state index contributed by atoms with van der Waals surface area (Å²) in [4.78, 5) is 12.9. The maximum absolute atomic E-state index is 13.0. The van der Waals surface area contributed by atoms with Gasteiger partial charge in [0.05, 0.1) is 39.0 Å². The van der Waals surface area contributed by atoms with Gasteiger partial charge in [0.15, 0.2) is 0 Å². The molecule has 0 saturated heterocycles. The van der Waals surface area contributed by atoms with Crippen LogP contribution in [0, 0.1) is 13.8 Å². The molecule has 0 aliphatic rings. The number of aromatic nitrogens is 3. The number of benzene rings is 1. The van der Waals surface area contributed by atoms with E-state index in [1.807, 2.05) is 12.5 Å². The van der Waals surface area contributed by atoms with Gasteiger partial charge in [0, 0.05) is 0 Å². The Labute approximate surface area is 184 Å². The van der Waals surface area contributed by atoms with Crippen molar-refractivity contribution in [1.29, 1.82) is 0 Å². The molecule has 0 radical (unpaired) electrons. The number of hydrogen-bond donors (Lipinski definition) is 1. The quantitative estimate of drug-likeness (QED) is 0.465. The molecule has 0 bridgehead atoms. The summed E-state index contributed by atoms with van der Waals surface area (Å²) >= 11 is 4.14. The van der Waals surface area contributed by atoms with E-state index in [2.05, 4.69) is 14.8 Å². The molecule has 2 aromatic heterocycles. The van der Waals surface area contributed by atoms with E-state index in [-0.39, 0.29) is 12.5 Å². The van der Waals surface area contributed by atoms with E-state index in [0.717, 1.165) is 16.3 Å². The largest absolute Gasteiger partial charge is 0.416 e. The molecule has 1 amide bonds. The Balaban J connectivity index is 1.87. The molecule has 0 unspecified atom stereocenters.